The predicted molar refractivity (Wildman–Crippen MR) is 153 cm³/mol. The first-order chi connectivity index (χ1) is 20.4. The molecule has 0 fully saturated rings. The van der Waals surface area contributed by atoms with Crippen molar-refractivity contribution < 1.29 is 19.2 Å². The van der Waals surface area contributed by atoms with Crippen LogP contribution in [0.3, 0.4) is 0 Å². The summed E-state index contributed by atoms with van der Waals surface area (Å²) in [4.78, 5) is 61.7. The molecule has 198 valence electrons. The van der Waals surface area contributed by atoms with Crippen LogP contribution in [0.1, 0.15) is 37.4 Å². The molecule has 0 aliphatic carbocycles. The van der Waals surface area contributed by atoms with E-state index >= 15 is 0 Å². The van der Waals surface area contributed by atoms with Gasteiger partial charge in [0.15, 0.2) is 5.69 Å². The lowest BCUT2D eigenvalue weighted by Gasteiger charge is -2.23. The second-order valence-electron chi connectivity index (χ2n) is 9.43. The number of imide groups is 2. The summed E-state index contributed by atoms with van der Waals surface area (Å²) in [7, 11) is 0. The van der Waals surface area contributed by atoms with Crippen molar-refractivity contribution in [3.8, 4) is 6.07 Å². The molecule has 2 aliphatic rings. The van der Waals surface area contributed by atoms with Gasteiger partial charge in [-0.05, 0) is 48.0 Å². The zero-order valence-corrected chi connectivity index (χ0v) is 21.8. The van der Waals surface area contributed by atoms with Crippen LogP contribution in [0.5, 0.6) is 0 Å². The molecule has 42 heavy (non-hydrogen) atoms. The molecule has 0 unspecified atom stereocenters. The van der Waals surface area contributed by atoms with Gasteiger partial charge in [-0.25, -0.2) is 14.6 Å². The first-order valence-corrected chi connectivity index (χ1v) is 12.8. The zero-order valence-electron chi connectivity index (χ0n) is 21.8. The zero-order chi connectivity index (χ0) is 29.4. The van der Waals surface area contributed by atoms with E-state index in [1.165, 1.54) is 12.1 Å². The van der Waals surface area contributed by atoms with E-state index < -0.39 is 23.6 Å². The summed E-state index contributed by atoms with van der Waals surface area (Å²) in [5, 5.41) is 9.56. The van der Waals surface area contributed by atoms with Gasteiger partial charge in [0.2, 0.25) is 0 Å². The molecule has 0 bridgehead atoms. The number of nitriles is 1. The summed E-state index contributed by atoms with van der Waals surface area (Å²) in [5.41, 5.74) is 1.19. The van der Waals surface area contributed by atoms with E-state index in [-0.39, 0.29) is 50.5 Å². The summed E-state index contributed by atoms with van der Waals surface area (Å²) < 4.78 is 0. The SMILES string of the molecule is [C-]#[N+]c1cccc(C2=C3C(=O)N(C(=O)c4ccccc4)C(c4cccc(C#N)c4)=C3C(=O)N2C(=O)c2ccccc2)c1. The molecule has 0 saturated heterocycles. The normalized spacial score (nSPS) is 14.1. The lowest BCUT2D eigenvalue weighted by Crippen LogP contribution is -2.36. The van der Waals surface area contributed by atoms with E-state index in [0.29, 0.717) is 5.56 Å². The minimum atomic E-state index is -0.795. The van der Waals surface area contributed by atoms with Gasteiger partial charge in [-0.3, -0.25) is 19.2 Å². The topological polar surface area (TPSA) is 103 Å². The fourth-order valence-electron chi connectivity index (χ4n) is 5.12. The Kier molecular flexibility index (Phi) is 6.35. The highest BCUT2D eigenvalue weighted by Gasteiger charge is 2.52. The molecule has 0 N–H and O–H groups in total. The molecule has 0 spiro atoms. The van der Waals surface area contributed by atoms with Crippen LogP contribution in [-0.2, 0) is 9.59 Å². The second kappa shape index (κ2) is 10.3. The largest absolute Gasteiger partial charge is 0.268 e. The predicted octanol–water partition coefficient (Wildman–Crippen LogP) is 5.60. The first kappa shape index (κ1) is 25.9. The maximum Gasteiger partial charge on any atom is 0.268 e. The van der Waals surface area contributed by atoms with Crippen molar-refractivity contribution in [1.29, 1.82) is 5.26 Å². The molecule has 4 aromatic rings. The van der Waals surface area contributed by atoms with Gasteiger partial charge < -0.3 is 0 Å². The molecule has 2 aliphatic heterocycles. The van der Waals surface area contributed by atoms with E-state index in [1.807, 2.05) is 6.07 Å². The van der Waals surface area contributed by atoms with Gasteiger partial charge in [-0.15, -0.1) is 0 Å². The number of hydrogen-bond acceptors (Lipinski definition) is 5. The van der Waals surface area contributed by atoms with Crippen molar-refractivity contribution in [3.05, 3.63) is 160 Å². The van der Waals surface area contributed by atoms with E-state index in [9.17, 15) is 24.4 Å². The Morgan fingerprint density at radius 1 is 0.643 bits per heavy atom. The van der Waals surface area contributed by atoms with Crippen LogP contribution in [0.4, 0.5) is 5.69 Å². The number of carbonyl (C=O) groups is 4. The monoisotopic (exact) mass is 546 g/mol. The number of fused-ring (bicyclic) bond motifs is 1. The Morgan fingerprint density at radius 3 is 1.60 bits per heavy atom. The van der Waals surface area contributed by atoms with E-state index in [2.05, 4.69) is 4.85 Å². The van der Waals surface area contributed by atoms with Gasteiger partial charge in [0, 0.05) is 16.7 Å². The van der Waals surface area contributed by atoms with Gasteiger partial charge in [0.05, 0.1) is 40.7 Å². The maximum atomic E-state index is 14.3. The summed E-state index contributed by atoms with van der Waals surface area (Å²) in [6.07, 6.45) is 0. The van der Waals surface area contributed by atoms with Crippen molar-refractivity contribution in [2.45, 2.75) is 0 Å². The highest BCUT2D eigenvalue weighted by Crippen LogP contribution is 2.48. The minimum Gasteiger partial charge on any atom is -0.268 e. The van der Waals surface area contributed by atoms with Crippen molar-refractivity contribution in [3.63, 3.8) is 0 Å². The van der Waals surface area contributed by atoms with Gasteiger partial charge in [-0.1, -0.05) is 66.7 Å². The average molecular weight is 547 g/mol. The van der Waals surface area contributed by atoms with Crippen LogP contribution in [0.2, 0.25) is 0 Å². The Hall–Kier alpha value is -6.38. The Bertz CT molecular complexity index is 1830. The van der Waals surface area contributed by atoms with E-state index in [0.717, 1.165) is 9.80 Å². The first-order valence-electron chi connectivity index (χ1n) is 12.8. The van der Waals surface area contributed by atoms with E-state index in [4.69, 9.17) is 6.57 Å². The summed E-state index contributed by atoms with van der Waals surface area (Å²) in [6, 6.07) is 30.8. The molecular weight excluding hydrogens is 528 g/mol. The average Bonchev–Trinajstić information content (AvgIpc) is 3.52. The minimum absolute atomic E-state index is 0.0170. The molecule has 0 saturated carbocycles. The number of amides is 4. The third kappa shape index (κ3) is 4.08. The molecule has 8 nitrogen and oxygen atoms in total. The molecule has 0 radical (unpaired) electrons. The van der Waals surface area contributed by atoms with Crippen LogP contribution >= 0.6 is 0 Å². The third-order valence-corrected chi connectivity index (χ3v) is 6.97. The third-order valence-electron chi connectivity index (χ3n) is 6.97. The van der Waals surface area contributed by atoms with Gasteiger partial charge in [0.1, 0.15) is 0 Å². The molecule has 8 heteroatoms. The fraction of sp³-hybridized carbons (Fsp3) is 0. The maximum absolute atomic E-state index is 14.3. The number of carbonyl (C=O) groups excluding carboxylic acids is 4. The standard InChI is InChI=1S/C34H18N4O4/c1-36-26-17-9-16-25(19-26)30-28-27(33(41)38(30)32(40)23-13-6-3-7-14-23)29(24-15-8-10-21(18-24)20-35)37(34(28)42)31(39)22-11-4-2-5-12-22/h2-19H. The summed E-state index contributed by atoms with van der Waals surface area (Å²) in [6.45, 7) is 7.48. The Labute approximate surface area is 240 Å². The van der Waals surface area contributed by atoms with Crippen LogP contribution in [0.25, 0.3) is 16.2 Å². The van der Waals surface area contributed by atoms with Crippen LogP contribution in [0, 0.1) is 17.9 Å². The molecule has 4 amide bonds. The molecule has 4 aromatic carbocycles. The van der Waals surface area contributed by atoms with Crippen molar-refractivity contribution >= 4 is 40.7 Å². The lowest BCUT2D eigenvalue weighted by molar-refractivity contribution is -0.122. The lowest BCUT2D eigenvalue weighted by atomic mass is 10.0. The second-order valence-corrected chi connectivity index (χ2v) is 9.43. The van der Waals surface area contributed by atoms with Crippen molar-refractivity contribution in [2.24, 2.45) is 0 Å². The Morgan fingerprint density at radius 2 is 1.12 bits per heavy atom. The smallest absolute Gasteiger partial charge is 0.268 e. The van der Waals surface area contributed by atoms with Gasteiger partial charge >= 0.3 is 0 Å². The fourth-order valence-corrected chi connectivity index (χ4v) is 5.12. The quantitative estimate of drug-likeness (QED) is 0.245. The Balaban J connectivity index is 1.67. The molecule has 2 heterocycles. The molecule has 6 rings (SSSR count). The van der Waals surface area contributed by atoms with Crippen LogP contribution < -0.4 is 0 Å². The molecule has 0 atom stereocenters. The highest BCUT2D eigenvalue weighted by atomic mass is 16.2. The van der Waals surface area contributed by atoms with E-state index in [1.54, 1.807) is 97.1 Å². The van der Waals surface area contributed by atoms with Crippen LogP contribution in [0.15, 0.2) is 120 Å². The van der Waals surface area contributed by atoms with Crippen molar-refractivity contribution in [1.82, 2.24) is 9.80 Å². The van der Waals surface area contributed by atoms with Crippen LogP contribution in [-0.4, -0.2) is 33.4 Å². The van der Waals surface area contributed by atoms with Gasteiger partial charge in [-0.2, -0.15) is 5.26 Å². The highest BCUT2D eigenvalue weighted by molar-refractivity contribution is 6.37. The summed E-state index contributed by atoms with van der Waals surface area (Å²) in [5.74, 6) is -2.93. The molecule has 0 aromatic heterocycles. The number of benzene rings is 4. The van der Waals surface area contributed by atoms with Gasteiger partial charge in [0.25, 0.3) is 23.6 Å². The number of nitrogens with zero attached hydrogens (tertiary/aromatic N) is 4. The molecular formula is C34H18N4O4. The number of rotatable bonds is 4. The van der Waals surface area contributed by atoms with Crippen molar-refractivity contribution in [2.75, 3.05) is 0 Å². The summed E-state index contributed by atoms with van der Waals surface area (Å²) >= 11 is 0. The number of hydrogen-bond donors (Lipinski definition) is 0.